The van der Waals surface area contributed by atoms with Gasteiger partial charge >= 0.3 is 106 Å². The maximum atomic E-state index is 13.7. The van der Waals surface area contributed by atoms with E-state index in [0.29, 0.717) is 0 Å². The summed E-state index contributed by atoms with van der Waals surface area (Å²) in [6.07, 6.45) is 0. The Hall–Kier alpha value is -3.74. The fourth-order valence-corrected chi connectivity index (χ4v) is 9.67. The van der Waals surface area contributed by atoms with Gasteiger partial charge in [0.15, 0.2) is 0 Å². The maximum Gasteiger partial charge on any atom is 2.00 e. The Labute approximate surface area is 456 Å². The number of benzene rings is 5. The van der Waals surface area contributed by atoms with Crippen LogP contribution in [0.4, 0.5) is 5.69 Å². The largest absolute Gasteiger partial charge is 2.00 e. The van der Waals surface area contributed by atoms with Crippen LogP contribution in [-0.2, 0) is 57.2 Å². The first-order chi connectivity index (χ1) is 29.7. The molecule has 0 unspecified atom stereocenters. The molecule has 0 aliphatic carbocycles. The Balaban J connectivity index is 0.00000185. The number of phenols is 1. The molecule has 8 aromatic rings. The second kappa shape index (κ2) is 18.9. The van der Waals surface area contributed by atoms with Gasteiger partial charge in [-0.15, -0.1) is 0 Å². The van der Waals surface area contributed by atoms with E-state index in [1.54, 1.807) is 0 Å². The quantitative estimate of drug-likeness (QED) is 0.155. The molecule has 325 valence electrons. The van der Waals surface area contributed by atoms with Gasteiger partial charge in [0.05, 0.1) is 64.0 Å². The third-order valence-electron chi connectivity index (χ3n) is 9.93. The van der Waals surface area contributed by atoms with Crippen LogP contribution in [0.15, 0.2) is 117 Å². The van der Waals surface area contributed by atoms with Gasteiger partial charge in [-0.05, 0) is 82.2 Å². The Morgan fingerprint density at radius 2 is 0.806 bits per heavy atom. The summed E-state index contributed by atoms with van der Waals surface area (Å²) < 4.78 is 104. The monoisotopic (exact) mass is 1050 g/mol. The number of aromatic hydroxyl groups is 1. The van der Waals surface area contributed by atoms with Crippen molar-refractivity contribution in [1.29, 1.82) is 0 Å². The summed E-state index contributed by atoms with van der Waals surface area (Å²) in [6, 6.07) is 20.4. The number of rotatable bonds is 6. The van der Waals surface area contributed by atoms with Crippen LogP contribution in [-0.4, -0.2) is 68.7 Å². The molecule has 2 aliphatic heterocycles. The van der Waals surface area contributed by atoms with Crippen molar-refractivity contribution in [2.45, 2.75) is 19.6 Å². The van der Waals surface area contributed by atoms with Gasteiger partial charge < -0.3 is 50.4 Å². The second-order valence-electron chi connectivity index (χ2n) is 14.0. The van der Waals surface area contributed by atoms with Crippen molar-refractivity contribution in [2.75, 3.05) is 4.72 Å². The number of nitrogens with one attached hydrogen (secondary N) is 4. The van der Waals surface area contributed by atoms with E-state index < -0.39 is 54.8 Å². The first-order valence-electron chi connectivity index (χ1n) is 17.8. The zero-order valence-corrected chi connectivity index (χ0v) is 44.7. The summed E-state index contributed by atoms with van der Waals surface area (Å²) >= 11 is 0. The number of sulfonamides is 4. The van der Waals surface area contributed by atoms with Crippen molar-refractivity contribution >= 4 is 89.9 Å². The van der Waals surface area contributed by atoms with E-state index in [2.05, 4.69) is 39.6 Å². The molecular weight excluding hydrogens is 1030 g/mol. The van der Waals surface area contributed by atoms with Gasteiger partial charge in [0, 0.05) is 65.6 Å². The summed E-state index contributed by atoms with van der Waals surface area (Å²) in [5, 5.41) is 33.8. The van der Waals surface area contributed by atoms with Crippen LogP contribution in [0, 0.1) is 0 Å². The van der Waals surface area contributed by atoms with Gasteiger partial charge in [-0.2, -0.15) is 0 Å². The minimum atomic E-state index is -4.51. The van der Waals surface area contributed by atoms with E-state index in [1.165, 1.54) is 72.8 Å². The van der Waals surface area contributed by atoms with Crippen molar-refractivity contribution in [3.05, 3.63) is 112 Å². The van der Waals surface area contributed by atoms with Gasteiger partial charge in [-0.3, -0.25) is 4.72 Å². The van der Waals surface area contributed by atoms with Crippen LogP contribution in [0.3, 0.4) is 0 Å². The minimum Gasteiger partial charge on any atom is -0.560 e. The summed E-state index contributed by atoms with van der Waals surface area (Å²) in [5.41, 5.74) is 0.238. The first-order valence-corrected chi connectivity index (χ1v) is 23.7. The predicted molar refractivity (Wildman–Crippen MR) is 227 cm³/mol. The summed E-state index contributed by atoms with van der Waals surface area (Å²) in [4.78, 5) is 35.6. The Bertz CT molecular complexity index is 4010. The van der Waals surface area contributed by atoms with E-state index in [4.69, 9.17) is 20.4 Å². The summed E-state index contributed by atoms with van der Waals surface area (Å²) in [7, 11) is -17.9. The molecule has 0 atom stereocenters. The third kappa shape index (κ3) is 9.88. The fraction of sp³-hybridized carbons (Fsp3) is 0. The molecule has 0 spiro atoms. The molecule has 0 saturated heterocycles. The van der Waals surface area contributed by atoms with Crippen molar-refractivity contribution in [2.24, 2.45) is 0 Å². The van der Waals surface area contributed by atoms with Crippen molar-refractivity contribution in [3.63, 3.8) is 0 Å². The molecule has 0 fully saturated rings. The van der Waals surface area contributed by atoms with Gasteiger partial charge in [-0.25, -0.2) is 43.6 Å². The van der Waals surface area contributed by atoms with E-state index in [-0.39, 0.29) is 212 Å². The molecule has 21 nitrogen and oxygen atoms in total. The zero-order valence-electron chi connectivity index (χ0n) is 34.5. The zero-order chi connectivity index (χ0) is 44.4. The van der Waals surface area contributed by atoms with E-state index in [9.17, 15) is 38.8 Å². The molecule has 1 radical (unpaired) electrons. The van der Waals surface area contributed by atoms with Crippen molar-refractivity contribution in [3.8, 4) is 51.3 Å². The number of aromatic nitrogens is 8. The van der Waals surface area contributed by atoms with E-state index >= 15 is 0 Å². The smallest absolute Gasteiger partial charge is 0.560 e. The standard InChI is InChI=1S/C38H21N12O9S4.Cu.3Na/c39-60(52,53)19-4-8-23-27(13-19)35-42-31(23)44-36-29-15-21(62(41,56)57)6-10-25(29)33(46-36)48-38-30-16-22(63(58,59)50-17-2-1-3-18(51)12-17)7-11-26(30)34(49-38)47-37-28-14-20(61(40,54)55)5-9-24(28)32(43-35)45-37;;;;/h1-16,50H,(H4-5,39,40,41,42,43,44,45,46,47,48,49,51,52,53,54,55,56,57);;;;/q-5;+2;3*+1. The molecule has 5 N–H and O–H groups in total. The number of phenolic OH excluding ortho intramolecular Hbond substituents is 1. The van der Waals surface area contributed by atoms with Crippen LogP contribution < -0.4 is 103 Å². The summed E-state index contributed by atoms with van der Waals surface area (Å²) in [6.45, 7) is 0. The minimum absolute atomic E-state index is 0. The molecule has 29 heteroatoms. The molecule has 2 aliphatic rings. The van der Waals surface area contributed by atoms with Gasteiger partial charge in [0.2, 0.25) is 0 Å². The van der Waals surface area contributed by atoms with Crippen molar-refractivity contribution < 1.29 is 145 Å². The van der Waals surface area contributed by atoms with Crippen LogP contribution in [0.25, 0.3) is 105 Å². The van der Waals surface area contributed by atoms with Gasteiger partial charge in [-0.1, -0.05) is 30.3 Å². The van der Waals surface area contributed by atoms with Crippen molar-refractivity contribution in [1.82, 2.24) is 39.9 Å². The molecule has 5 heterocycles. The van der Waals surface area contributed by atoms with Crippen LogP contribution in [0.2, 0.25) is 0 Å². The molecule has 67 heavy (non-hydrogen) atoms. The topological polar surface area (TPSA) is 346 Å². The first kappa shape index (κ1) is 52.6. The SMILES string of the molecule is [Cu+2].[NH-]S(=O)(=O)c1ccc2c(c1)-c1nc-2nc2[n-]c(nc3nc(nc4[n-]c(n1)c1ccc(S([NH-])(=O)=O)cc41)-c1ccc(S([NH-])(=O)=O)cc1-3)c1ccc(S(=O)(=O)Nc3cccc(O)c3)cc21.[Na+].[Na+].[Na+]. The third-order valence-corrected chi connectivity index (χ3v) is 13.9. The Kier molecular flexibility index (Phi) is 14.8. The number of anilines is 1. The van der Waals surface area contributed by atoms with E-state index in [0.717, 1.165) is 24.3 Å². The van der Waals surface area contributed by atoms with Gasteiger partial charge in [0.25, 0.3) is 10.0 Å². The van der Waals surface area contributed by atoms with Gasteiger partial charge in [0.1, 0.15) is 5.75 Å². The number of fused-ring (bicyclic) bond motifs is 20. The van der Waals surface area contributed by atoms with Crippen LogP contribution >= 0.6 is 0 Å². The molecule has 3 aromatic heterocycles. The number of hydrogen-bond acceptors (Lipinski definition) is 15. The molecular formula is C38H21CuN12Na3O9S4. The Morgan fingerprint density at radius 3 is 1.24 bits per heavy atom. The maximum absolute atomic E-state index is 13.7. The molecule has 5 aromatic carbocycles. The Morgan fingerprint density at radius 1 is 0.433 bits per heavy atom. The summed E-state index contributed by atoms with van der Waals surface area (Å²) in [5.74, 6) is -0.656. The average molecular weight is 1050 g/mol. The molecule has 8 bridgehead atoms. The predicted octanol–water partition coefficient (Wildman–Crippen LogP) is -3.13. The van der Waals surface area contributed by atoms with Crippen LogP contribution in [0.1, 0.15) is 0 Å². The number of nitrogens with zero attached hydrogens (tertiary/aromatic N) is 8. The van der Waals surface area contributed by atoms with Crippen LogP contribution in [0.5, 0.6) is 5.75 Å². The molecule has 0 saturated carbocycles. The molecule has 10 rings (SSSR count). The molecule has 0 amide bonds. The average Bonchev–Trinajstić information content (AvgIpc) is 3.94. The second-order valence-corrected chi connectivity index (χ2v) is 20.1. The fourth-order valence-electron chi connectivity index (χ4n) is 7.03. The van der Waals surface area contributed by atoms with E-state index in [1.807, 2.05) is 0 Å². The number of hydrogen-bond donors (Lipinski definition) is 2. The normalized spacial score (nSPS) is 12.2.